The quantitative estimate of drug-likeness (QED) is 0.816. The van der Waals surface area contributed by atoms with E-state index in [0.29, 0.717) is 17.8 Å². The maximum atomic E-state index is 11.7. The number of hydrogen-bond acceptors (Lipinski definition) is 4. The van der Waals surface area contributed by atoms with E-state index >= 15 is 0 Å². The lowest BCUT2D eigenvalue weighted by atomic mass is 10.2. The highest BCUT2D eigenvalue weighted by Gasteiger charge is 2.21. The molecule has 94 valence electrons. The smallest absolute Gasteiger partial charge is 0.238 e. The van der Waals surface area contributed by atoms with Crippen LogP contribution in [-0.4, -0.2) is 41.7 Å². The number of nitriles is 1. The van der Waals surface area contributed by atoms with Crippen molar-refractivity contribution in [1.82, 2.24) is 4.90 Å². The molecule has 0 saturated carbocycles. The van der Waals surface area contributed by atoms with Gasteiger partial charge in [0.05, 0.1) is 24.3 Å². The molecule has 0 bridgehead atoms. The summed E-state index contributed by atoms with van der Waals surface area (Å²) in [5.74, 6) is -0.103. The average molecular weight is 245 g/mol. The number of aliphatic hydroxyl groups excluding tert-OH is 1. The maximum Gasteiger partial charge on any atom is 0.238 e. The first-order chi connectivity index (χ1) is 8.67. The first-order valence-corrected chi connectivity index (χ1v) is 5.88. The Morgan fingerprint density at radius 1 is 1.50 bits per heavy atom. The second kappa shape index (κ2) is 5.63. The number of nitrogens with one attached hydrogen (secondary N) is 1. The predicted octanol–water partition coefficient (Wildman–Crippen LogP) is 0.563. The predicted molar refractivity (Wildman–Crippen MR) is 66.9 cm³/mol. The summed E-state index contributed by atoms with van der Waals surface area (Å²) in [6.07, 6.45) is 0.414. The highest BCUT2D eigenvalue weighted by atomic mass is 16.3. The van der Waals surface area contributed by atoms with Gasteiger partial charge in [0.15, 0.2) is 0 Å². The number of nitrogens with zero attached hydrogens (tertiary/aromatic N) is 2. The molecule has 0 spiro atoms. The normalized spacial score (nSPS) is 19.4. The van der Waals surface area contributed by atoms with E-state index in [9.17, 15) is 9.90 Å². The lowest BCUT2D eigenvalue weighted by Gasteiger charge is -2.14. The number of hydrogen-bond donors (Lipinski definition) is 2. The van der Waals surface area contributed by atoms with Gasteiger partial charge in [0.25, 0.3) is 0 Å². The van der Waals surface area contributed by atoms with Crippen LogP contribution in [0.3, 0.4) is 0 Å². The first-order valence-electron chi connectivity index (χ1n) is 5.88. The standard InChI is InChI=1S/C13H15N3O2/c14-7-10-1-3-11(4-2-10)15-13(18)9-16-6-5-12(17)8-16/h1-4,12,17H,5-6,8-9H2,(H,15,18)/t12-/m1/s1. The third kappa shape index (κ3) is 3.29. The van der Waals surface area contributed by atoms with Gasteiger partial charge in [-0.15, -0.1) is 0 Å². The number of carbonyl (C=O) groups is 1. The molecule has 5 nitrogen and oxygen atoms in total. The molecule has 1 aliphatic rings. The minimum atomic E-state index is -0.312. The number of rotatable bonds is 3. The highest BCUT2D eigenvalue weighted by Crippen LogP contribution is 2.11. The van der Waals surface area contributed by atoms with Gasteiger partial charge in [-0.1, -0.05) is 0 Å². The Morgan fingerprint density at radius 2 is 2.22 bits per heavy atom. The van der Waals surface area contributed by atoms with Gasteiger partial charge in [-0.05, 0) is 30.7 Å². The molecule has 1 aliphatic heterocycles. The van der Waals surface area contributed by atoms with Crippen molar-refractivity contribution in [1.29, 1.82) is 5.26 Å². The molecule has 0 aromatic heterocycles. The molecular weight excluding hydrogens is 230 g/mol. The Morgan fingerprint density at radius 3 is 2.78 bits per heavy atom. The molecule has 1 fully saturated rings. The van der Waals surface area contributed by atoms with Crippen molar-refractivity contribution in [2.75, 3.05) is 25.0 Å². The summed E-state index contributed by atoms with van der Waals surface area (Å²) in [5, 5.41) is 20.8. The molecule has 0 aliphatic carbocycles. The molecule has 2 rings (SSSR count). The molecule has 1 aromatic carbocycles. The zero-order valence-electron chi connectivity index (χ0n) is 9.97. The van der Waals surface area contributed by atoms with Crippen LogP contribution in [0.5, 0.6) is 0 Å². The Kier molecular flexibility index (Phi) is 3.92. The largest absolute Gasteiger partial charge is 0.392 e. The summed E-state index contributed by atoms with van der Waals surface area (Å²) in [6.45, 7) is 1.60. The number of amides is 1. The maximum absolute atomic E-state index is 11.7. The molecule has 1 amide bonds. The Bertz CT molecular complexity index is 464. The average Bonchev–Trinajstić information content (AvgIpc) is 2.75. The lowest BCUT2D eigenvalue weighted by molar-refractivity contribution is -0.117. The number of anilines is 1. The fourth-order valence-corrected chi connectivity index (χ4v) is 1.99. The molecule has 1 saturated heterocycles. The molecule has 5 heteroatoms. The van der Waals surface area contributed by atoms with Crippen LogP contribution in [-0.2, 0) is 4.79 Å². The van der Waals surface area contributed by atoms with Crippen molar-refractivity contribution >= 4 is 11.6 Å². The minimum Gasteiger partial charge on any atom is -0.392 e. The zero-order chi connectivity index (χ0) is 13.0. The monoisotopic (exact) mass is 245 g/mol. The van der Waals surface area contributed by atoms with Crippen molar-refractivity contribution in [2.45, 2.75) is 12.5 Å². The number of aliphatic hydroxyl groups is 1. The van der Waals surface area contributed by atoms with Gasteiger partial charge in [-0.3, -0.25) is 9.69 Å². The van der Waals surface area contributed by atoms with E-state index in [1.54, 1.807) is 24.3 Å². The van der Waals surface area contributed by atoms with E-state index in [-0.39, 0.29) is 18.6 Å². The Labute approximate surface area is 106 Å². The number of likely N-dealkylation sites (tertiary alicyclic amines) is 1. The molecule has 18 heavy (non-hydrogen) atoms. The molecule has 0 radical (unpaired) electrons. The zero-order valence-corrected chi connectivity index (χ0v) is 9.97. The number of β-amino-alcohol motifs (C(OH)–C–C–N with tert-alkyl or cyclic N) is 1. The Balaban J connectivity index is 1.85. The summed E-state index contributed by atoms with van der Waals surface area (Å²) in [7, 11) is 0. The number of carbonyl (C=O) groups excluding carboxylic acids is 1. The van der Waals surface area contributed by atoms with Crippen molar-refractivity contribution in [2.24, 2.45) is 0 Å². The van der Waals surface area contributed by atoms with Crippen molar-refractivity contribution in [3.63, 3.8) is 0 Å². The Hall–Kier alpha value is -1.90. The highest BCUT2D eigenvalue weighted by molar-refractivity contribution is 5.92. The summed E-state index contributed by atoms with van der Waals surface area (Å²) in [5.41, 5.74) is 1.24. The van der Waals surface area contributed by atoms with Crippen molar-refractivity contribution in [3.8, 4) is 6.07 Å². The van der Waals surface area contributed by atoms with Crippen LogP contribution in [0.1, 0.15) is 12.0 Å². The van der Waals surface area contributed by atoms with Gasteiger partial charge in [0.2, 0.25) is 5.91 Å². The van der Waals surface area contributed by atoms with Crippen LogP contribution in [0.2, 0.25) is 0 Å². The molecular formula is C13H15N3O2. The fourth-order valence-electron chi connectivity index (χ4n) is 1.99. The van der Waals surface area contributed by atoms with Crippen LogP contribution in [0.25, 0.3) is 0 Å². The molecule has 2 N–H and O–H groups in total. The summed E-state index contributed by atoms with van der Waals surface area (Å²) in [6, 6.07) is 8.75. The van der Waals surface area contributed by atoms with Crippen LogP contribution >= 0.6 is 0 Å². The van der Waals surface area contributed by atoms with Gasteiger partial charge in [-0.25, -0.2) is 0 Å². The van der Waals surface area contributed by atoms with Crippen molar-refractivity contribution in [3.05, 3.63) is 29.8 Å². The molecule has 1 aromatic rings. The van der Waals surface area contributed by atoms with Crippen LogP contribution in [0, 0.1) is 11.3 Å². The summed E-state index contributed by atoms with van der Waals surface area (Å²) < 4.78 is 0. The van der Waals surface area contributed by atoms with Gasteiger partial charge in [0, 0.05) is 18.8 Å². The SMILES string of the molecule is N#Cc1ccc(NC(=O)CN2CC[C@@H](O)C2)cc1. The first kappa shape index (κ1) is 12.6. The molecule has 1 atom stereocenters. The third-order valence-electron chi connectivity index (χ3n) is 2.91. The van der Waals surface area contributed by atoms with E-state index in [2.05, 4.69) is 5.32 Å². The topological polar surface area (TPSA) is 76.4 Å². The molecule has 0 unspecified atom stereocenters. The minimum absolute atomic E-state index is 0.103. The van der Waals surface area contributed by atoms with Crippen LogP contribution in [0.4, 0.5) is 5.69 Å². The van der Waals surface area contributed by atoms with Crippen LogP contribution in [0.15, 0.2) is 24.3 Å². The van der Waals surface area contributed by atoms with E-state index in [4.69, 9.17) is 5.26 Å². The van der Waals surface area contributed by atoms with Gasteiger partial charge < -0.3 is 10.4 Å². The summed E-state index contributed by atoms with van der Waals surface area (Å²) in [4.78, 5) is 13.7. The van der Waals surface area contributed by atoms with E-state index in [1.807, 2.05) is 11.0 Å². The van der Waals surface area contributed by atoms with Crippen LogP contribution < -0.4 is 5.32 Å². The van der Waals surface area contributed by atoms with Gasteiger partial charge in [0.1, 0.15) is 0 Å². The van der Waals surface area contributed by atoms with Gasteiger partial charge >= 0.3 is 0 Å². The fraction of sp³-hybridized carbons (Fsp3) is 0.385. The van der Waals surface area contributed by atoms with E-state index in [1.165, 1.54) is 0 Å². The second-order valence-corrected chi connectivity index (χ2v) is 4.41. The van der Waals surface area contributed by atoms with Crippen molar-refractivity contribution < 1.29 is 9.90 Å². The van der Waals surface area contributed by atoms with Gasteiger partial charge in [-0.2, -0.15) is 5.26 Å². The second-order valence-electron chi connectivity index (χ2n) is 4.41. The third-order valence-corrected chi connectivity index (χ3v) is 2.91. The van der Waals surface area contributed by atoms with E-state index in [0.717, 1.165) is 13.0 Å². The summed E-state index contributed by atoms with van der Waals surface area (Å²) >= 11 is 0. The van der Waals surface area contributed by atoms with E-state index < -0.39 is 0 Å². The number of benzene rings is 1. The lowest BCUT2D eigenvalue weighted by Crippen LogP contribution is -2.32. The molecule has 1 heterocycles.